The molecule has 1 aromatic rings. The van der Waals surface area contributed by atoms with Crippen LogP contribution in [0, 0.1) is 22.4 Å². The third kappa shape index (κ3) is 2.59. The molecule has 0 aromatic carbocycles. The first-order valence-electron chi connectivity index (χ1n) is 3.92. The molecule has 5 heteroatoms. The summed E-state index contributed by atoms with van der Waals surface area (Å²) in [5, 5.41) is 19.4. The molecule has 14 heavy (non-hydrogen) atoms. The second-order valence-corrected chi connectivity index (χ2v) is 3.27. The monoisotopic (exact) mass is 196 g/mol. The van der Waals surface area contributed by atoms with Gasteiger partial charge in [-0.25, -0.2) is 4.39 Å². The van der Waals surface area contributed by atoms with Gasteiger partial charge in [0, 0.05) is 6.07 Å². The Morgan fingerprint density at radius 1 is 1.57 bits per heavy atom. The van der Waals surface area contributed by atoms with Gasteiger partial charge >= 0.3 is 0 Å². The highest BCUT2D eigenvalue weighted by atomic mass is 19.1. The number of hydrogen-bond acceptors (Lipinski definition) is 3. The van der Waals surface area contributed by atoms with Crippen molar-refractivity contribution in [1.82, 2.24) is 0 Å². The lowest BCUT2D eigenvalue weighted by molar-refractivity contribution is -0.607. The largest absolute Gasteiger partial charge is 0.619 e. The summed E-state index contributed by atoms with van der Waals surface area (Å²) in [5.41, 5.74) is -1.08. The molecule has 1 aromatic heterocycles. The van der Waals surface area contributed by atoms with Crippen molar-refractivity contribution in [3.05, 3.63) is 29.5 Å². The lowest BCUT2D eigenvalue weighted by atomic mass is 10.2. The van der Waals surface area contributed by atoms with E-state index in [1.807, 2.05) is 6.07 Å². The molecule has 0 N–H and O–H groups in total. The number of nitriles is 1. The van der Waals surface area contributed by atoms with Crippen LogP contribution < -0.4 is 9.47 Å². The molecule has 0 unspecified atom stereocenters. The van der Waals surface area contributed by atoms with Crippen LogP contribution >= 0.6 is 0 Å². The van der Waals surface area contributed by atoms with Gasteiger partial charge < -0.3 is 9.94 Å². The van der Waals surface area contributed by atoms with Crippen molar-refractivity contribution >= 4 is 0 Å². The fourth-order valence-corrected chi connectivity index (χ4v) is 0.868. The van der Waals surface area contributed by atoms with Crippen LogP contribution in [0.3, 0.4) is 0 Å². The molecule has 0 aliphatic rings. The van der Waals surface area contributed by atoms with E-state index in [0.29, 0.717) is 0 Å². The molecule has 0 aliphatic heterocycles. The van der Waals surface area contributed by atoms with Gasteiger partial charge in [0.2, 0.25) is 12.4 Å². The van der Waals surface area contributed by atoms with Crippen LogP contribution in [0.15, 0.2) is 18.5 Å². The van der Waals surface area contributed by atoms with Gasteiger partial charge in [0.05, 0.1) is 0 Å². The Bertz CT molecular complexity index is 365. The van der Waals surface area contributed by atoms with Gasteiger partial charge in [0.1, 0.15) is 6.07 Å². The quantitative estimate of drug-likeness (QED) is 0.526. The molecule has 0 fully saturated rings. The number of pyridine rings is 1. The van der Waals surface area contributed by atoms with Crippen molar-refractivity contribution in [2.75, 3.05) is 0 Å². The predicted octanol–water partition coefficient (Wildman–Crippen LogP) is 1.14. The first kappa shape index (κ1) is 10.3. The molecule has 0 atom stereocenters. The predicted molar refractivity (Wildman–Crippen MR) is 45.7 cm³/mol. The molecule has 1 rings (SSSR count). The van der Waals surface area contributed by atoms with Crippen molar-refractivity contribution in [1.29, 1.82) is 5.26 Å². The Balaban J connectivity index is 2.94. The molecule has 1 heterocycles. The molecule has 0 radical (unpaired) electrons. The Morgan fingerprint density at radius 3 is 2.71 bits per heavy atom. The third-order valence-corrected chi connectivity index (χ3v) is 1.43. The Morgan fingerprint density at radius 2 is 2.21 bits per heavy atom. The van der Waals surface area contributed by atoms with Crippen molar-refractivity contribution < 1.29 is 13.9 Å². The van der Waals surface area contributed by atoms with E-state index in [9.17, 15) is 9.60 Å². The van der Waals surface area contributed by atoms with Crippen LogP contribution in [0.1, 0.15) is 13.8 Å². The van der Waals surface area contributed by atoms with Gasteiger partial charge in [-0.15, -0.1) is 0 Å². The molecule has 0 amide bonds. The van der Waals surface area contributed by atoms with Gasteiger partial charge in [-0.2, -0.15) is 9.99 Å². The number of hydrogen-bond donors (Lipinski definition) is 0. The molecular formula is C9H9FN2O2. The van der Waals surface area contributed by atoms with Crippen molar-refractivity contribution in [2.45, 2.75) is 19.4 Å². The Kier molecular flexibility index (Phi) is 2.56. The second-order valence-electron chi connectivity index (χ2n) is 3.27. The van der Waals surface area contributed by atoms with Crippen LogP contribution in [0.4, 0.5) is 4.39 Å². The third-order valence-electron chi connectivity index (χ3n) is 1.43. The van der Waals surface area contributed by atoms with E-state index in [4.69, 9.17) is 10.00 Å². The molecule has 0 bridgehead atoms. The minimum Gasteiger partial charge on any atom is -0.619 e. The van der Waals surface area contributed by atoms with Crippen LogP contribution in [0.25, 0.3) is 0 Å². The molecular weight excluding hydrogens is 187 g/mol. The van der Waals surface area contributed by atoms with Gasteiger partial charge in [-0.05, 0) is 13.8 Å². The highest BCUT2D eigenvalue weighted by molar-refractivity contribution is 5.17. The zero-order valence-corrected chi connectivity index (χ0v) is 7.82. The minimum absolute atomic E-state index is 0.0338. The molecule has 74 valence electrons. The number of aromatic nitrogens is 1. The highest BCUT2D eigenvalue weighted by Crippen LogP contribution is 2.16. The lowest BCUT2D eigenvalue weighted by Gasteiger charge is -2.17. The smallest absolute Gasteiger partial charge is 0.222 e. The van der Waals surface area contributed by atoms with Crippen molar-refractivity contribution in [3.8, 4) is 11.8 Å². The Labute approximate surface area is 80.7 Å². The fourth-order valence-electron chi connectivity index (χ4n) is 0.868. The molecule has 0 saturated carbocycles. The number of halogens is 1. The normalized spacial score (nSPS) is 10.7. The van der Waals surface area contributed by atoms with E-state index in [1.54, 1.807) is 0 Å². The van der Waals surface area contributed by atoms with E-state index in [-0.39, 0.29) is 10.5 Å². The maximum atomic E-state index is 12.7. The lowest BCUT2D eigenvalue weighted by Crippen LogP contribution is -2.30. The standard InChI is InChI=1S/C9H9FN2O2/c1-9(2,6-11)14-8-3-7(10)4-12(13)5-8/h3-5H,1-2H3. The number of ether oxygens (including phenoxy) is 1. The van der Waals surface area contributed by atoms with Gasteiger partial charge in [-0.3, -0.25) is 0 Å². The summed E-state index contributed by atoms with van der Waals surface area (Å²) in [5.74, 6) is -0.669. The first-order chi connectivity index (χ1) is 6.43. The molecule has 0 aliphatic carbocycles. The highest BCUT2D eigenvalue weighted by Gasteiger charge is 2.20. The summed E-state index contributed by atoms with van der Waals surface area (Å²) >= 11 is 0. The zero-order valence-electron chi connectivity index (χ0n) is 7.82. The van der Waals surface area contributed by atoms with Crippen LogP contribution in [-0.2, 0) is 0 Å². The summed E-state index contributed by atoms with van der Waals surface area (Å²) in [7, 11) is 0. The minimum atomic E-state index is -1.08. The summed E-state index contributed by atoms with van der Waals surface area (Å²) < 4.78 is 18.1. The van der Waals surface area contributed by atoms with Crippen LogP contribution in [-0.4, -0.2) is 5.60 Å². The van der Waals surface area contributed by atoms with Gasteiger partial charge in [0.25, 0.3) is 0 Å². The number of rotatable bonds is 2. The topological polar surface area (TPSA) is 60.0 Å². The van der Waals surface area contributed by atoms with E-state index in [1.165, 1.54) is 13.8 Å². The van der Waals surface area contributed by atoms with E-state index < -0.39 is 11.4 Å². The summed E-state index contributed by atoms with van der Waals surface area (Å²) in [6.07, 6.45) is 1.83. The molecule has 0 saturated heterocycles. The van der Waals surface area contributed by atoms with Gasteiger partial charge in [0.15, 0.2) is 17.2 Å². The van der Waals surface area contributed by atoms with E-state index >= 15 is 0 Å². The fraction of sp³-hybridized carbons (Fsp3) is 0.333. The maximum Gasteiger partial charge on any atom is 0.222 e. The van der Waals surface area contributed by atoms with Gasteiger partial charge in [-0.1, -0.05) is 0 Å². The van der Waals surface area contributed by atoms with Crippen molar-refractivity contribution in [2.24, 2.45) is 0 Å². The molecule has 4 nitrogen and oxygen atoms in total. The summed E-state index contributed by atoms with van der Waals surface area (Å²) in [4.78, 5) is 0. The van der Waals surface area contributed by atoms with E-state index in [2.05, 4.69) is 0 Å². The molecule has 0 spiro atoms. The van der Waals surface area contributed by atoms with Crippen molar-refractivity contribution in [3.63, 3.8) is 0 Å². The SMILES string of the molecule is CC(C)(C#N)Oc1cc(F)c[n+]([O-])c1. The van der Waals surface area contributed by atoms with Crippen LogP contribution in [0.5, 0.6) is 5.75 Å². The second kappa shape index (κ2) is 3.50. The summed E-state index contributed by atoms with van der Waals surface area (Å²) in [6.45, 7) is 3.04. The zero-order chi connectivity index (χ0) is 10.8. The average molecular weight is 196 g/mol. The first-order valence-corrected chi connectivity index (χ1v) is 3.92. The van der Waals surface area contributed by atoms with E-state index in [0.717, 1.165) is 18.5 Å². The Hall–Kier alpha value is -1.83. The maximum absolute atomic E-state index is 12.7. The van der Waals surface area contributed by atoms with Crippen LogP contribution in [0.2, 0.25) is 0 Å². The summed E-state index contributed by atoms with van der Waals surface area (Å²) in [6, 6.07) is 2.92. The number of nitrogens with zero attached hydrogens (tertiary/aromatic N) is 2. The average Bonchev–Trinajstić information content (AvgIpc) is 2.01.